The van der Waals surface area contributed by atoms with Gasteiger partial charge in [0.1, 0.15) is 0 Å². The second-order valence-electron chi connectivity index (χ2n) is 6.64. The Kier molecular flexibility index (Phi) is 5.89. The molecule has 0 aliphatic rings. The molecule has 1 atom stereocenters. The highest BCUT2D eigenvalue weighted by Gasteiger charge is 2.21. The lowest BCUT2D eigenvalue weighted by atomic mass is 10.0. The number of aromatic nitrogens is 1. The molecule has 0 saturated heterocycles. The van der Waals surface area contributed by atoms with Gasteiger partial charge in [0.05, 0.1) is 32.0 Å². The van der Waals surface area contributed by atoms with Crippen LogP contribution < -0.4 is 14.2 Å². The van der Waals surface area contributed by atoms with Gasteiger partial charge in [-0.2, -0.15) is 0 Å². The number of benzene rings is 2. The van der Waals surface area contributed by atoms with Crippen molar-refractivity contribution in [3.05, 3.63) is 47.5 Å². The summed E-state index contributed by atoms with van der Waals surface area (Å²) < 4.78 is 16.4. The van der Waals surface area contributed by atoms with E-state index in [4.69, 9.17) is 24.3 Å². The molecule has 1 unspecified atom stereocenters. The van der Waals surface area contributed by atoms with Gasteiger partial charge in [0, 0.05) is 10.9 Å². The first-order valence-electron chi connectivity index (χ1n) is 9.05. The van der Waals surface area contributed by atoms with Gasteiger partial charge in [0.15, 0.2) is 17.6 Å². The molecule has 3 aromatic rings. The van der Waals surface area contributed by atoms with Crippen LogP contribution in [0.3, 0.4) is 0 Å². The molecule has 0 amide bonds. The number of hydrogen-bond donors (Lipinski definition) is 2. The first-order valence-corrected chi connectivity index (χ1v) is 9.05. The van der Waals surface area contributed by atoms with E-state index in [1.807, 2.05) is 31.2 Å². The van der Waals surface area contributed by atoms with Crippen LogP contribution >= 0.6 is 0 Å². The van der Waals surface area contributed by atoms with E-state index in [9.17, 15) is 9.90 Å². The fraction of sp³-hybridized carbons (Fsp3) is 0.273. The molecule has 29 heavy (non-hydrogen) atoms. The van der Waals surface area contributed by atoms with E-state index in [1.54, 1.807) is 12.1 Å². The van der Waals surface area contributed by atoms with E-state index in [-0.39, 0.29) is 12.4 Å². The summed E-state index contributed by atoms with van der Waals surface area (Å²) in [6.45, 7) is 3.37. The maximum absolute atomic E-state index is 11.2. The molecule has 2 N–H and O–H groups in total. The van der Waals surface area contributed by atoms with Crippen molar-refractivity contribution in [1.29, 1.82) is 0 Å². The van der Waals surface area contributed by atoms with Crippen LogP contribution in [-0.2, 0) is 11.4 Å². The normalized spacial score (nSPS) is 11.9. The first-order chi connectivity index (χ1) is 13.9. The predicted octanol–water partition coefficient (Wildman–Crippen LogP) is 3.57. The number of carbonyl (C=O) groups is 1. The number of fused-ring (bicyclic) bond motifs is 1. The highest BCUT2D eigenvalue weighted by atomic mass is 16.6. The Morgan fingerprint density at radius 2 is 1.76 bits per heavy atom. The number of hydrogen-bond acceptors (Lipinski definition) is 6. The number of nitrogens with zero attached hydrogens (tertiary/aromatic N) is 1. The van der Waals surface area contributed by atoms with Crippen molar-refractivity contribution >= 4 is 16.9 Å². The molecule has 3 rings (SSSR count). The second-order valence-corrected chi connectivity index (χ2v) is 6.64. The Labute approximate surface area is 168 Å². The van der Waals surface area contributed by atoms with Gasteiger partial charge in [0.2, 0.25) is 5.75 Å². The molecule has 7 heteroatoms. The third-order valence-electron chi connectivity index (χ3n) is 4.66. The highest BCUT2D eigenvalue weighted by Crippen LogP contribution is 2.42. The number of ether oxygens (including phenoxy) is 3. The largest absolute Gasteiger partial charge is 0.493 e. The van der Waals surface area contributed by atoms with Crippen molar-refractivity contribution in [3.63, 3.8) is 0 Å². The van der Waals surface area contributed by atoms with E-state index in [2.05, 4.69) is 0 Å². The maximum Gasteiger partial charge on any atom is 0.344 e. The number of methoxy groups -OCH3 is 2. The Morgan fingerprint density at radius 3 is 2.31 bits per heavy atom. The Balaban J connectivity index is 2.14. The summed E-state index contributed by atoms with van der Waals surface area (Å²) in [7, 11) is 2.95. The van der Waals surface area contributed by atoms with Crippen LogP contribution in [0.4, 0.5) is 0 Å². The number of aliphatic carboxylic acids is 1. The molecular formula is C22H23NO6. The molecule has 152 valence electrons. The number of pyridine rings is 1. The highest BCUT2D eigenvalue weighted by molar-refractivity contribution is 5.86. The molecule has 2 aromatic carbocycles. The van der Waals surface area contributed by atoms with Gasteiger partial charge in [-0.3, -0.25) is 0 Å². The second kappa shape index (κ2) is 8.36. The molecule has 0 spiro atoms. The molecule has 0 aliphatic carbocycles. The van der Waals surface area contributed by atoms with Crippen LogP contribution in [0.25, 0.3) is 22.2 Å². The third kappa shape index (κ3) is 4.09. The topological polar surface area (TPSA) is 98.1 Å². The molecule has 0 saturated carbocycles. The monoisotopic (exact) mass is 397 g/mol. The molecule has 0 aliphatic heterocycles. The van der Waals surface area contributed by atoms with E-state index in [0.29, 0.717) is 17.2 Å². The zero-order valence-electron chi connectivity index (χ0n) is 16.7. The average Bonchev–Trinajstić information content (AvgIpc) is 2.72. The summed E-state index contributed by atoms with van der Waals surface area (Å²) in [5.41, 5.74) is 4.01. The molecule has 0 radical (unpaired) electrons. The van der Waals surface area contributed by atoms with E-state index >= 15 is 0 Å². The van der Waals surface area contributed by atoms with Gasteiger partial charge in [-0.15, -0.1) is 0 Å². The van der Waals surface area contributed by atoms with Gasteiger partial charge in [-0.25, -0.2) is 9.78 Å². The summed E-state index contributed by atoms with van der Waals surface area (Å²) in [6, 6.07) is 11.1. The van der Waals surface area contributed by atoms with E-state index in [1.165, 1.54) is 21.1 Å². The van der Waals surface area contributed by atoms with Crippen molar-refractivity contribution in [1.82, 2.24) is 4.98 Å². The van der Waals surface area contributed by atoms with Gasteiger partial charge >= 0.3 is 5.97 Å². The quantitative estimate of drug-likeness (QED) is 0.629. The Morgan fingerprint density at radius 1 is 1.10 bits per heavy atom. The lowest BCUT2D eigenvalue weighted by Gasteiger charge is -2.18. The molecule has 0 bridgehead atoms. The van der Waals surface area contributed by atoms with Crippen LogP contribution in [0.2, 0.25) is 0 Å². The van der Waals surface area contributed by atoms with Gasteiger partial charge in [-0.1, -0.05) is 12.1 Å². The average molecular weight is 397 g/mol. The van der Waals surface area contributed by atoms with Crippen LogP contribution in [0.5, 0.6) is 17.2 Å². The predicted molar refractivity (Wildman–Crippen MR) is 109 cm³/mol. The zero-order valence-corrected chi connectivity index (χ0v) is 16.7. The van der Waals surface area contributed by atoms with Crippen molar-refractivity contribution in [2.24, 2.45) is 0 Å². The number of carboxylic acids is 1. The van der Waals surface area contributed by atoms with Gasteiger partial charge < -0.3 is 24.4 Å². The van der Waals surface area contributed by atoms with Crippen LogP contribution in [0, 0.1) is 6.92 Å². The van der Waals surface area contributed by atoms with E-state index < -0.39 is 12.1 Å². The molecule has 1 aromatic heterocycles. The molecular weight excluding hydrogens is 374 g/mol. The third-order valence-corrected chi connectivity index (χ3v) is 4.66. The van der Waals surface area contributed by atoms with Crippen LogP contribution in [0.15, 0.2) is 36.4 Å². The fourth-order valence-corrected chi connectivity index (χ4v) is 3.07. The lowest BCUT2D eigenvalue weighted by Crippen LogP contribution is -2.23. The van der Waals surface area contributed by atoms with Crippen LogP contribution in [0.1, 0.15) is 18.1 Å². The number of aliphatic hydroxyl groups is 1. The van der Waals surface area contributed by atoms with Crippen molar-refractivity contribution in [2.75, 3.05) is 14.2 Å². The summed E-state index contributed by atoms with van der Waals surface area (Å²) >= 11 is 0. The number of aliphatic hydroxyl groups excluding tert-OH is 1. The van der Waals surface area contributed by atoms with Crippen molar-refractivity contribution < 1.29 is 29.2 Å². The lowest BCUT2D eigenvalue weighted by molar-refractivity contribution is -0.144. The minimum absolute atomic E-state index is 0.0592. The van der Waals surface area contributed by atoms with Crippen molar-refractivity contribution in [2.45, 2.75) is 26.6 Å². The van der Waals surface area contributed by atoms with Crippen LogP contribution in [-0.4, -0.2) is 41.5 Å². The number of carboxylic acid groups (broad SMARTS) is 1. The standard InChI is InChI=1S/C22H23NO6/c1-12-7-17(23-18-8-14(11-24)5-6-16(12)18)15-9-19(27-3)21(20(10-15)28-4)29-13(2)22(25)26/h5-10,13,24H,11H2,1-4H3,(H,25,26). The minimum atomic E-state index is -1.09. The van der Waals surface area contributed by atoms with Gasteiger partial charge in [0.25, 0.3) is 0 Å². The number of aryl methyl sites for hydroxylation is 1. The smallest absolute Gasteiger partial charge is 0.344 e. The maximum atomic E-state index is 11.2. The molecule has 7 nitrogen and oxygen atoms in total. The number of rotatable bonds is 7. The minimum Gasteiger partial charge on any atom is -0.493 e. The molecule has 1 heterocycles. The summed E-state index contributed by atoms with van der Waals surface area (Å²) in [6.07, 6.45) is -1.07. The van der Waals surface area contributed by atoms with Crippen molar-refractivity contribution in [3.8, 4) is 28.5 Å². The van der Waals surface area contributed by atoms with Gasteiger partial charge in [-0.05, 0) is 49.2 Å². The van der Waals surface area contributed by atoms with E-state index in [0.717, 1.165) is 27.6 Å². The fourth-order valence-electron chi connectivity index (χ4n) is 3.07. The summed E-state index contributed by atoms with van der Waals surface area (Å²) in [4.78, 5) is 15.9. The Bertz CT molecular complexity index is 1040. The SMILES string of the molecule is COc1cc(-c2cc(C)c3ccc(CO)cc3n2)cc(OC)c1OC(C)C(=O)O. The first kappa shape index (κ1) is 20.4. The summed E-state index contributed by atoms with van der Waals surface area (Å²) in [5, 5.41) is 19.6. The molecule has 0 fully saturated rings. The Hall–Kier alpha value is -3.32. The summed E-state index contributed by atoms with van der Waals surface area (Å²) in [5.74, 6) is -0.189. The zero-order chi connectivity index (χ0) is 21.1.